The Morgan fingerprint density at radius 3 is 2.06 bits per heavy atom. The molecule has 0 aliphatic rings. The summed E-state index contributed by atoms with van der Waals surface area (Å²) >= 11 is 0. The molecule has 0 radical (unpaired) electrons. The van der Waals surface area contributed by atoms with Crippen LogP contribution in [-0.4, -0.2) is 13.3 Å². The fraction of sp³-hybridized carbons (Fsp3) is 0.250. The van der Waals surface area contributed by atoms with Gasteiger partial charge in [0.2, 0.25) is 0 Å². The topological polar surface area (TPSA) is 9.23 Å². The number of rotatable bonds is 5. The van der Waals surface area contributed by atoms with Gasteiger partial charge in [-0.05, 0) is 23.7 Å². The van der Waals surface area contributed by atoms with Crippen LogP contribution in [-0.2, 0) is 10.9 Å². The van der Waals surface area contributed by atoms with E-state index in [9.17, 15) is 0 Å². The second-order valence-corrected chi connectivity index (χ2v) is 6.48. The summed E-state index contributed by atoms with van der Waals surface area (Å²) in [4.78, 5) is 0. The molecule has 0 aliphatic carbocycles. The van der Waals surface area contributed by atoms with Gasteiger partial charge in [0.1, 0.15) is 0 Å². The van der Waals surface area contributed by atoms with E-state index in [1.54, 1.807) is 7.11 Å². The van der Waals surface area contributed by atoms with Crippen LogP contribution in [0.1, 0.15) is 18.1 Å². The summed E-state index contributed by atoms with van der Waals surface area (Å²) < 4.78 is 5.51. The van der Waals surface area contributed by atoms with Crippen LogP contribution >= 0.6 is 8.15 Å². The van der Waals surface area contributed by atoms with Gasteiger partial charge in [0.25, 0.3) is 0 Å². The van der Waals surface area contributed by atoms with Gasteiger partial charge in [0.15, 0.2) is 0 Å². The van der Waals surface area contributed by atoms with Crippen molar-refractivity contribution in [1.29, 1.82) is 0 Å². The Morgan fingerprint density at radius 1 is 0.889 bits per heavy atom. The van der Waals surface area contributed by atoms with Crippen LogP contribution in [0.25, 0.3) is 0 Å². The second kappa shape index (κ2) is 6.68. The van der Waals surface area contributed by atoms with Gasteiger partial charge in [-0.25, -0.2) is 0 Å². The highest BCUT2D eigenvalue weighted by atomic mass is 31.1. The first kappa shape index (κ1) is 13.3. The van der Waals surface area contributed by atoms with Crippen molar-refractivity contribution < 1.29 is 4.52 Å². The zero-order valence-electron chi connectivity index (χ0n) is 11.0. The molecule has 2 aromatic rings. The van der Waals surface area contributed by atoms with Crippen LogP contribution in [0.3, 0.4) is 0 Å². The molecule has 0 fully saturated rings. The van der Waals surface area contributed by atoms with Gasteiger partial charge in [-0.1, -0.05) is 61.5 Å². The lowest BCUT2D eigenvalue weighted by molar-refractivity contribution is 0.468. The van der Waals surface area contributed by atoms with Gasteiger partial charge in [-0.15, -0.1) is 0 Å². The minimum Gasteiger partial charge on any atom is -0.358 e. The van der Waals surface area contributed by atoms with E-state index >= 15 is 0 Å². The first-order valence-electron chi connectivity index (χ1n) is 6.28. The lowest BCUT2D eigenvalue weighted by Crippen LogP contribution is -2.03. The van der Waals surface area contributed by atoms with Crippen molar-refractivity contribution in [3.05, 3.63) is 65.7 Å². The summed E-state index contributed by atoms with van der Waals surface area (Å²) in [5, 5.41) is 1.33. The van der Waals surface area contributed by atoms with Crippen molar-refractivity contribution in [3.63, 3.8) is 0 Å². The fourth-order valence-electron chi connectivity index (χ4n) is 2.03. The zero-order valence-corrected chi connectivity index (χ0v) is 11.9. The average Bonchev–Trinajstić information content (AvgIpc) is 2.43. The lowest BCUT2D eigenvalue weighted by Gasteiger charge is -2.13. The van der Waals surface area contributed by atoms with E-state index in [1.165, 1.54) is 16.4 Å². The van der Waals surface area contributed by atoms with Gasteiger partial charge in [0, 0.05) is 12.4 Å². The third kappa shape index (κ3) is 3.41. The Morgan fingerprint density at radius 2 is 1.50 bits per heavy atom. The summed E-state index contributed by atoms with van der Waals surface area (Å²) in [5.41, 5.74) is 2.71. The van der Waals surface area contributed by atoms with Crippen molar-refractivity contribution in [3.8, 4) is 0 Å². The number of hydrogen-bond donors (Lipinski definition) is 0. The fourth-order valence-corrected chi connectivity index (χ4v) is 3.34. The SMILES string of the molecule is CCP(OC)c1ccc(Cc2ccccc2)cc1. The third-order valence-corrected chi connectivity index (χ3v) is 4.87. The maximum Gasteiger partial charge on any atom is 0.0596 e. The van der Waals surface area contributed by atoms with Gasteiger partial charge in [0.05, 0.1) is 8.15 Å². The lowest BCUT2D eigenvalue weighted by atomic mass is 10.1. The maximum atomic E-state index is 5.51. The van der Waals surface area contributed by atoms with Crippen molar-refractivity contribution in [2.75, 3.05) is 13.3 Å². The Labute approximate surface area is 111 Å². The molecular formula is C16H19OP. The van der Waals surface area contributed by atoms with E-state index in [4.69, 9.17) is 4.52 Å². The van der Waals surface area contributed by atoms with Crippen molar-refractivity contribution in [1.82, 2.24) is 0 Å². The molecule has 94 valence electrons. The second-order valence-electron chi connectivity index (χ2n) is 4.21. The highest BCUT2D eigenvalue weighted by Crippen LogP contribution is 2.33. The molecule has 0 amide bonds. The quantitative estimate of drug-likeness (QED) is 0.737. The van der Waals surface area contributed by atoms with Gasteiger partial charge < -0.3 is 4.52 Å². The van der Waals surface area contributed by atoms with E-state index in [2.05, 4.69) is 61.5 Å². The van der Waals surface area contributed by atoms with E-state index in [-0.39, 0.29) is 0 Å². The van der Waals surface area contributed by atoms with Gasteiger partial charge in [-0.3, -0.25) is 0 Å². The minimum absolute atomic E-state index is 0.423. The Bertz CT molecular complexity index is 460. The Hall–Kier alpha value is -1.17. The summed E-state index contributed by atoms with van der Waals surface area (Å²) in [5.74, 6) is 0. The zero-order chi connectivity index (χ0) is 12.8. The minimum atomic E-state index is -0.423. The molecule has 0 saturated carbocycles. The molecule has 18 heavy (non-hydrogen) atoms. The molecule has 0 aromatic heterocycles. The Kier molecular flexibility index (Phi) is 4.92. The molecule has 1 nitrogen and oxygen atoms in total. The molecular weight excluding hydrogens is 239 g/mol. The smallest absolute Gasteiger partial charge is 0.0596 e. The van der Waals surface area contributed by atoms with Crippen molar-refractivity contribution in [2.45, 2.75) is 13.3 Å². The molecule has 0 N–H and O–H groups in total. The first-order valence-corrected chi connectivity index (χ1v) is 7.72. The third-order valence-electron chi connectivity index (χ3n) is 2.98. The molecule has 1 atom stereocenters. The number of hydrogen-bond acceptors (Lipinski definition) is 1. The maximum absolute atomic E-state index is 5.51. The van der Waals surface area contributed by atoms with E-state index < -0.39 is 8.15 Å². The van der Waals surface area contributed by atoms with Crippen LogP contribution < -0.4 is 5.30 Å². The summed E-state index contributed by atoms with van der Waals surface area (Å²) in [6.07, 6.45) is 2.07. The molecule has 0 aliphatic heterocycles. The van der Waals surface area contributed by atoms with Crippen LogP contribution in [0.4, 0.5) is 0 Å². The normalized spacial score (nSPS) is 12.3. The predicted octanol–water partition coefficient (Wildman–Crippen LogP) is 3.97. The predicted molar refractivity (Wildman–Crippen MR) is 79.8 cm³/mol. The molecule has 0 spiro atoms. The van der Waals surface area contributed by atoms with E-state index in [1.807, 2.05) is 0 Å². The van der Waals surface area contributed by atoms with Gasteiger partial charge in [-0.2, -0.15) is 0 Å². The standard InChI is InChI=1S/C16H19OP/c1-3-18(17-2)16-11-9-15(10-12-16)13-14-7-5-4-6-8-14/h4-12H,3,13H2,1-2H3. The summed E-state index contributed by atoms with van der Waals surface area (Å²) in [6.45, 7) is 2.17. The molecule has 0 heterocycles. The highest BCUT2D eigenvalue weighted by molar-refractivity contribution is 7.60. The Balaban J connectivity index is 2.08. The average molecular weight is 258 g/mol. The summed E-state index contributed by atoms with van der Waals surface area (Å²) in [7, 11) is 1.38. The van der Waals surface area contributed by atoms with Crippen molar-refractivity contribution in [2.24, 2.45) is 0 Å². The number of benzene rings is 2. The van der Waals surface area contributed by atoms with Crippen molar-refractivity contribution >= 4 is 13.5 Å². The first-order chi connectivity index (χ1) is 8.83. The molecule has 2 aromatic carbocycles. The molecule has 0 bridgehead atoms. The highest BCUT2D eigenvalue weighted by Gasteiger charge is 2.07. The van der Waals surface area contributed by atoms with Crippen LogP contribution in [0.15, 0.2) is 54.6 Å². The van der Waals surface area contributed by atoms with Crippen LogP contribution in [0.2, 0.25) is 0 Å². The monoisotopic (exact) mass is 258 g/mol. The van der Waals surface area contributed by atoms with Gasteiger partial charge >= 0.3 is 0 Å². The van der Waals surface area contributed by atoms with E-state index in [0.717, 1.165) is 12.6 Å². The van der Waals surface area contributed by atoms with Crippen LogP contribution in [0, 0.1) is 0 Å². The van der Waals surface area contributed by atoms with Crippen LogP contribution in [0.5, 0.6) is 0 Å². The van der Waals surface area contributed by atoms with E-state index in [0.29, 0.717) is 0 Å². The molecule has 0 saturated heterocycles. The molecule has 1 unspecified atom stereocenters. The summed E-state index contributed by atoms with van der Waals surface area (Å²) in [6, 6.07) is 19.4. The molecule has 2 rings (SSSR count). The molecule has 2 heteroatoms. The largest absolute Gasteiger partial charge is 0.358 e.